The Kier molecular flexibility index (Phi) is 2.99. The van der Waals surface area contributed by atoms with Gasteiger partial charge < -0.3 is 10.2 Å². The molecule has 1 aliphatic heterocycles. The Morgan fingerprint density at radius 1 is 1.40 bits per heavy atom. The summed E-state index contributed by atoms with van der Waals surface area (Å²) in [5, 5.41) is 2.61. The Labute approximate surface area is 84.1 Å². The summed E-state index contributed by atoms with van der Waals surface area (Å²) in [5.41, 5.74) is -0.255. The van der Waals surface area contributed by atoms with Gasteiger partial charge in [0.15, 0.2) is 0 Å². The van der Waals surface area contributed by atoms with Crippen LogP contribution in [0, 0.1) is 4.91 Å². The lowest BCUT2D eigenvalue weighted by atomic mass is 10.0. The van der Waals surface area contributed by atoms with E-state index in [1.54, 1.807) is 0 Å². The summed E-state index contributed by atoms with van der Waals surface area (Å²) in [4.78, 5) is 10.2. The van der Waals surface area contributed by atoms with E-state index in [1.807, 2.05) is 0 Å². The molecular formula is C9H9F2NO3. The summed E-state index contributed by atoms with van der Waals surface area (Å²) < 4.78 is 31.6. The van der Waals surface area contributed by atoms with Gasteiger partial charge in [-0.2, -0.15) is 0 Å². The van der Waals surface area contributed by atoms with E-state index in [0.717, 1.165) is 6.07 Å². The molecule has 4 nitrogen and oxygen atoms in total. The standard InChI is InChI=1S/C9H7F2NO2.H2O/c10-9(11)3-4-14-8-2-1-6(12-13)5-7(8)9;/h1-2,5H,3-4H2;1H2. The van der Waals surface area contributed by atoms with Crippen LogP contribution < -0.4 is 4.74 Å². The van der Waals surface area contributed by atoms with Crippen molar-refractivity contribution in [2.24, 2.45) is 5.18 Å². The van der Waals surface area contributed by atoms with E-state index in [0.29, 0.717) is 0 Å². The van der Waals surface area contributed by atoms with E-state index >= 15 is 0 Å². The van der Waals surface area contributed by atoms with Crippen LogP contribution >= 0.6 is 0 Å². The van der Waals surface area contributed by atoms with Crippen LogP contribution in [0.5, 0.6) is 5.75 Å². The van der Waals surface area contributed by atoms with Gasteiger partial charge in [-0.15, -0.1) is 4.91 Å². The molecule has 0 saturated heterocycles. The number of hydrogen-bond acceptors (Lipinski definition) is 3. The molecular weight excluding hydrogens is 208 g/mol. The van der Waals surface area contributed by atoms with Crippen molar-refractivity contribution in [1.29, 1.82) is 0 Å². The molecule has 0 fully saturated rings. The molecule has 0 aromatic heterocycles. The largest absolute Gasteiger partial charge is 0.493 e. The van der Waals surface area contributed by atoms with Crippen LogP contribution in [0.1, 0.15) is 12.0 Å². The first-order chi connectivity index (χ1) is 6.63. The zero-order valence-corrected chi connectivity index (χ0v) is 7.67. The maximum atomic E-state index is 13.3. The van der Waals surface area contributed by atoms with Gasteiger partial charge in [0.1, 0.15) is 11.4 Å². The maximum Gasteiger partial charge on any atom is 0.280 e. The molecule has 0 aliphatic carbocycles. The molecule has 1 aromatic carbocycles. The highest BCUT2D eigenvalue weighted by Crippen LogP contribution is 2.42. The monoisotopic (exact) mass is 217 g/mol. The summed E-state index contributed by atoms with van der Waals surface area (Å²) in [7, 11) is 0. The minimum Gasteiger partial charge on any atom is -0.493 e. The van der Waals surface area contributed by atoms with E-state index in [4.69, 9.17) is 4.74 Å². The van der Waals surface area contributed by atoms with Gasteiger partial charge in [-0.1, -0.05) is 0 Å². The highest BCUT2D eigenvalue weighted by molar-refractivity contribution is 5.49. The molecule has 0 unspecified atom stereocenters. The van der Waals surface area contributed by atoms with Gasteiger partial charge >= 0.3 is 0 Å². The topological polar surface area (TPSA) is 70.2 Å². The molecule has 15 heavy (non-hydrogen) atoms. The quantitative estimate of drug-likeness (QED) is 0.676. The lowest BCUT2D eigenvalue weighted by molar-refractivity contribution is -0.0404. The van der Waals surface area contributed by atoms with Crippen LogP contribution in [0.4, 0.5) is 14.5 Å². The fraction of sp³-hybridized carbons (Fsp3) is 0.333. The summed E-state index contributed by atoms with van der Waals surface area (Å²) in [6, 6.07) is 3.77. The molecule has 1 aliphatic rings. The highest BCUT2D eigenvalue weighted by Gasteiger charge is 2.38. The maximum absolute atomic E-state index is 13.3. The SMILES string of the molecule is O.O=Nc1ccc2c(c1)C(F)(F)CCO2. The number of ether oxygens (including phenoxy) is 1. The first-order valence-electron chi connectivity index (χ1n) is 4.12. The lowest BCUT2D eigenvalue weighted by Gasteiger charge is -2.25. The van der Waals surface area contributed by atoms with Crippen molar-refractivity contribution in [1.82, 2.24) is 0 Å². The Balaban J connectivity index is 0.00000112. The van der Waals surface area contributed by atoms with Crippen LogP contribution in [0.2, 0.25) is 0 Å². The van der Waals surface area contributed by atoms with E-state index < -0.39 is 5.92 Å². The number of rotatable bonds is 1. The molecule has 0 spiro atoms. The normalized spacial score (nSPS) is 16.9. The highest BCUT2D eigenvalue weighted by atomic mass is 19.3. The van der Waals surface area contributed by atoms with Crippen molar-refractivity contribution in [3.05, 3.63) is 28.7 Å². The van der Waals surface area contributed by atoms with Crippen molar-refractivity contribution in [2.45, 2.75) is 12.3 Å². The summed E-state index contributed by atoms with van der Waals surface area (Å²) in [6.45, 7) is -0.00609. The van der Waals surface area contributed by atoms with Crippen molar-refractivity contribution in [3.63, 3.8) is 0 Å². The van der Waals surface area contributed by atoms with Gasteiger partial charge in [-0.3, -0.25) is 0 Å². The van der Waals surface area contributed by atoms with Crippen LogP contribution in [0.15, 0.2) is 23.4 Å². The van der Waals surface area contributed by atoms with E-state index in [-0.39, 0.29) is 35.5 Å². The predicted octanol–water partition coefficient (Wildman–Crippen LogP) is 2.13. The average Bonchev–Trinajstić information content (AvgIpc) is 2.17. The second-order valence-electron chi connectivity index (χ2n) is 3.07. The second-order valence-corrected chi connectivity index (χ2v) is 3.07. The van der Waals surface area contributed by atoms with Crippen LogP contribution in [-0.4, -0.2) is 12.1 Å². The molecule has 6 heteroatoms. The molecule has 0 atom stereocenters. The molecule has 0 saturated carbocycles. The number of alkyl halides is 2. The van der Waals surface area contributed by atoms with Gasteiger partial charge in [0, 0.05) is 0 Å². The molecule has 1 aromatic rings. The molecule has 0 amide bonds. The minimum atomic E-state index is -2.92. The Morgan fingerprint density at radius 2 is 2.13 bits per heavy atom. The molecule has 2 N–H and O–H groups in total. The van der Waals surface area contributed by atoms with Crippen molar-refractivity contribution < 1.29 is 19.0 Å². The predicted molar refractivity (Wildman–Crippen MR) is 49.5 cm³/mol. The summed E-state index contributed by atoms with van der Waals surface area (Å²) in [5.74, 6) is -2.79. The van der Waals surface area contributed by atoms with E-state index in [1.165, 1.54) is 12.1 Å². The van der Waals surface area contributed by atoms with E-state index in [9.17, 15) is 13.7 Å². The van der Waals surface area contributed by atoms with E-state index in [2.05, 4.69) is 5.18 Å². The number of fused-ring (bicyclic) bond motifs is 1. The van der Waals surface area contributed by atoms with Crippen molar-refractivity contribution >= 4 is 5.69 Å². The minimum absolute atomic E-state index is 0. The Morgan fingerprint density at radius 3 is 2.80 bits per heavy atom. The second kappa shape index (κ2) is 3.90. The number of benzene rings is 1. The Hall–Kier alpha value is -1.56. The van der Waals surface area contributed by atoms with Gasteiger partial charge in [0.25, 0.3) is 5.92 Å². The number of nitrogens with zero attached hydrogens (tertiary/aromatic N) is 1. The van der Waals surface area contributed by atoms with Crippen molar-refractivity contribution in [2.75, 3.05) is 6.61 Å². The number of hydrogen-bond donors (Lipinski definition) is 0. The first kappa shape index (κ1) is 11.5. The summed E-state index contributed by atoms with van der Waals surface area (Å²) >= 11 is 0. The van der Waals surface area contributed by atoms with Crippen LogP contribution in [-0.2, 0) is 5.92 Å². The molecule has 2 rings (SSSR count). The number of halogens is 2. The van der Waals surface area contributed by atoms with Gasteiger partial charge in [-0.05, 0) is 23.4 Å². The lowest BCUT2D eigenvalue weighted by Crippen LogP contribution is -2.23. The third kappa shape index (κ3) is 1.94. The van der Waals surface area contributed by atoms with Gasteiger partial charge in [0.2, 0.25) is 0 Å². The van der Waals surface area contributed by atoms with Crippen molar-refractivity contribution in [3.8, 4) is 5.75 Å². The molecule has 82 valence electrons. The van der Waals surface area contributed by atoms with Gasteiger partial charge in [0.05, 0.1) is 18.6 Å². The van der Waals surface area contributed by atoms with Gasteiger partial charge in [-0.25, -0.2) is 8.78 Å². The average molecular weight is 217 g/mol. The zero-order chi connectivity index (χ0) is 10.2. The Bertz CT molecular complexity index is 382. The van der Waals surface area contributed by atoms with Crippen LogP contribution in [0.3, 0.4) is 0 Å². The molecule has 0 bridgehead atoms. The fourth-order valence-electron chi connectivity index (χ4n) is 1.41. The molecule has 0 radical (unpaired) electrons. The summed E-state index contributed by atoms with van der Waals surface area (Å²) in [6.07, 6.45) is -0.359. The third-order valence-corrected chi connectivity index (χ3v) is 2.14. The smallest absolute Gasteiger partial charge is 0.280 e. The number of nitroso groups, excluding NO2 is 1. The molecule has 1 heterocycles. The fourth-order valence-corrected chi connectivity index (χ4v) is 1.41. The first-order valence-corrected chi connectivity index (χ1v) is 4.12. The third-order valence-electron chi connectivity index (χ3n) is 2.14. The van der Waals surface area contributed by atoms with Crippen LogP contribution in [0.25, 0.3) is 0 Å². The zero-order valence-electron chi connectivity index (χ0n) is 7.67.